The lowest BCUT2D eigenvalue weighted by Crippen LogP contribution is -2.68. The van der Waals surface area contributed by atoms with Crippen molar-refractivity contribution in [1.29, 1.82) is 0 Å². The van der Waals surface area contributed by atoms with Crippen LogP contribution in [-0.2, 0) is 52.2 Å². The van der Waals surface area contributed by atoms with Gasteiger partial charge in [0.1, 0.15) is 72.6 Å². The minimum absolute atomic E-state index is 0.112. The monoisotopic (exact) mass is 1070 g/mol. The first-order valence-corrected chi connectivity index (χ1v) is 27.0. The summed E-state index contributed by atoms with van der Waals surface area (Å²) in [5, 5.41) is 120. The summed E-state index contributed by atoms with van der Waals surface area (Å²) in [4.78, 5) is 27.8. The maximum absolute atomic E-state index is 15.3. The molecular formula is C53H84O22. The molecule has 0 radical (unpaired) electrons. The van der Waals surface area contributed by atoms with E-state index >= 15 is 4.79 Å². The largest absolute Gasteiger partial charge is 0.467 e. The average molecular weight is 1070 g/mol. The zero-order valence-corrected chi connectivity index (χ0v) is 44.5. The van der Waals surface area contributed by atoms with E-state index < -0.39 is 164 Å². The van der Waals surface area contributed by atoms with E-state index in [2.05, 4.69) is 54.5 Å². The maximum Gasteiger partial charge on any atom is 0.337 e. The van der Waals surface area contributed by atoms with E-state index in [0.717, 1.165) is 31.9 Å². The molecule has 9 rings (SSSR count). The molecule has 27 atom stereocenters. The molecule has 4 saturated carbocycles. The number of hydrogen-bond donors (Lipinski definition) is 11. The van der Waals surface area contributed by atoms with E-state index in [1.54, 1.807) is 0 Å². The van der Waals surface area contributed by atoms with Gasteiger partial charge >= 0.3 is 11.9 Å². The predicted octanol–water partition coefficient (Wildman–Crippen LogP) is -0.578. The second kappa shape index (κ2) is 20.5. The molecular weight excluding hydrogens is 989 g/mol. The van der Waals surface area contributed by atoms with E-state index in [9.17, 15) is 61.0 Å². The van der Waals surface area contributed by atoms with Crippen molar-refractivity contribution in [2.24, 2.45) is 50.2 Å². The summed E-state index contributed by atoms with van der Waals surface area (Å²) < 4.78 is 52.3. The highest BCUT2D eigenvalue weighted by atomic mass is 16.8. The quantitative estimate of drug-likeness (QED) is 0.0782. The van der Waals surface area contributed by atoms with Crippen molar-refractivity contribution in [2.75, 3.05) is 20.3 Å². The molecule has 0 bridgehead atoms. The zero-order chi connectivity index (χ0) is 54.9. The van der Waals surface area contributed by atoms with Crippen molar-refractivity contribution in [3.63, 3.8) is 0 Å². The van der Waals surface area contributed by atoms with Gasteiger partial charge in [0.05, 0.1) is 38.6 Å². The second-order valence-corrected chi connectivity index (χ2v) is 25.7. The number of fused-ring (bicyclic) bond motifs is 7. The molecule has 0 amide bonds. The highest BCUT2D eigenvalue weighted by molar-refractivity contribution is 5.80. The number of ether oxygens (including phenoxy) is 9. The molecule has 428 valence electrons. The van der Waals surface area contributed by atoms with Crippen molar-refractivity contribution in [3.8, 4) is 0 Å². The van der Waals surface area contributed by atoms with Crippen LogP contribution in [0.15, 0.2) is 11.6 Å². The molecule has 75 heavy (non-hydrogen) atoms. The fourth-order valence-corrected chi connectivity index (χ4v) is 16.1. The van der Waals surface area contributed by atoms with Crippen LogP contribution in [0.25, 0.3) is 0 Å². The molecule has 0 aromatic carbocycles. The topological polar surface area (TPSA) is 340 Å². The molecule has 11 N–H and O–H groups in total. The van der Waals surface area contributed by atoms with E-state index in [0.29, 0.717) is 25.7 Å². The van der Waals surface area contributed by atoms with E-state index in [1.807, 2.05) is 0 Å². The lowest BCUT2D eigenvalue weighted by Gasteiger charge is -2.71. The fraction of sp³-hybridized carbons (Fsp3) is 0.925. The van der Waals surface area contributed by atoms with Gasteiger partial charge in [-0.25, -0.2) is 4.79 Å². The number of allylic oxidation sites excluding steroid dienone is 2. The van der Waals surface area contributed by atoms with Gasteiger partial charge in [0.25, 0.3) is 0 Å². The number of methoxy groups -OCH3 is 1. The van der Waals surface area contributed by atoms with Gasteiger partial charge in [-0.2, -0.15) is 0 Å². The van der Waals surface area contributed by atoms with Crippen LogP contribution in [0, 0.1) is 50.2 Å². The zero-order valence-electron chi connectivity index (χ0n) is 44.5. The summed E-state index contributed by atoms with van der Waals surface area (Å²) in [6.07, 6.45) is -22.6. The van der Waals surface area contributed by atoms with Crippen LogP contribution >= 0.6 is 0 Å². The van der Waals surface area contributed by atoms with E-state index in [-0.39, 0.29) is 47.5 Å². The summed E-state index contributed by atoms with van der Waals surface area (Å²) in [5.74, 6) is -1.88. The summed E-state index contributed by atoms with van der Waals surface area (Å²) in [6.45, 7) is 16.2. The first-order chi connectivity index (χ1) is 35.0. The third-order valence-corrected chi connectivity index (χ3v) is 20.8. The Bertz CT molecular complexity index is 2130. The second-order valence-electron chi connectivity index (χ2n) is 25.7. The van der Waals surface area contributed by atoms with Crippen LogP contribution in [0.5, 0.6) is 0 Å². The lowest BCUT2D eigenvalue weighted by molar-refractivity contribution is -0.369. The molecule has 8 fully saturated rings. The van der Waals surface area contributed by atoms with Crippen LogP contribution in [0.2, 0.25) is 0 Å². The molecule has 0 spiro atoms. The van der Waals surface area contributed by atoms with Gasteiger partial charge in [-0.05, 0) is 110 Å². The van der Waals surface area contributed by atoms with Crippen LogP contribution < -0.4 is 0 Å². The third-order valence-electron chi connectivity index (χ3n) is 20.8. The molecule has 0 aromatic rings. The molecule has 0 unspecified atom stereocenters. The lowest BCUT2D eigenvalue weighted by atomic mass is 9.33. The fourth-order valence-electron chi connectivity index (χ4n) is 16.1. The van der Waals surface area contributed by atoms with Gasteiger partial charge in [0.2, 0.25) is 6.29 Å². The normalized spacial score (nSPS) is 53.4. The van der Waals surface area contributed by atoms with Crippen molar-refractivity contribution in [2.45, 2.75) is 236 Å². The summed E-state index contributed by atoms with van der Waals surface area (Å²) >= 11 is 0. The molecule has 4 aliphatic heterocycles. The van der Waals surface area contributed by atoms with Crippen LogP contribution in [0.4, 0.5) is 0 Å². The highest BCUT2D eigenvalue weighted by Gasteiger charge is 2.72. The Morgan fingerprint density at radius 1 is 0.613 bits per heavy atom. The Morgan fingerprint density at radius 3 is 1.91 bits per heavy atom. The van der Waals surface area contributed by atoms with Gasteiger partial charge in [0, 0.05) is 0 Å². The van der Waals surface area contributed by atoms with Crippen LogP contribution in [0.1, 0.15) is 113 Å². The Labute approximate surface area is 437 Å². The van der Waals surface area contributed by atoms with Gasteiger partial charge < -0.3 is 98.8 Å². The minimum Gasteiger partial charge on any atom is -0.467 e. The number of aliphatic hydroxyl groups is 11. The summed E-state index contributed by atoms with van der Waals surface area (Å²) in [6, 6.07) is 0. The number of carbonyl (C=O) groups excluding carboxylic acids is 2. The predicted molar refractivity (Wildman–Crippen MR) is 256 cm³/mol. The smallest absolute Gasteiger partial charge is 0.337 e. The summed E-state index contributed by atoms with van der Waals surface area (Å²) in [7, 11) is 1.14. The first kappa shape index (κ1) is 57.6. The number of esters is 2. The number of aliphatic hydroxyl groups excluding tert-OH is 11. The Morgan fingerprint density at radius 2 is 1.23 bits per heavy atom. The highest BCUT2D eigenvalue weighted by Crippen LogP contribution is 2.76. The number of carbonyl (C=O) groups is 2. The number of rotatable bonds is 9. The first-order valence-electron chi connectivity index (χ1n) is 27.0. The van der Waals surface area contributed by atoms with Crippen molar-refractivity contribution in [3.05, 3.63) is 11.6 Å². The SMILES string of the molecule is COC(=O)[C@H]1O[C@@H](O[C@H]2CC[C@]3(C)[C@H]4CC=C5[C@@H]6CC(C)(C)CC[C@]6(C(=O)O[C@@H]6OC[C@@H](O)[C@H](O)[C@H]6O[C@@H]6O[C@@H](C)[C@H](O[C@@H]7OC[C@@H](O)[C@H](O)[C@H]7O)[C@@H](O)[C@H]6O)[C@H](O)C[C@@]5(C)[C@]4(C)CC[C@H]3C2(C)C)[C@H](O)[C@@H](O)[C@@H]1O. The molecule has 5 aliphatic carbocycles. The van der Waals surface area contributed by atoms with Gasteiger partial charge in [-0.15, -0.1) is 0 Å². The van der Waals surface area contributed by atoms with Crippen LogP contribution in [-0.4, -0.2) is 211 Å². The average Bonchev–Trinajstić information content (AvgIpc) is 3.38. The standard InChI is InChI=1S/C53H84O22/c1-22-39(72-43-36(62)31(57)25(54)20-68-43)35(61)38(64)44(70-22)74-41-32(58)26(55)21-69-46(41)75-47(66)53-17-16-48(2,3)18-24(53)23-10-11-28-50(6)14-13-30(71-45-37(63)33(59)34(60)40(73-45)42(65)67-9)49(4,5)27(50)12-15-51(28,7)52(23,8)19-29(53)56/h10,22,24-41,43-46,54-64H,11-21H2,1-9H3/t22-,24-,25+,26+,27-,28+,29+,30-,31-,32-,33-,34-,35-,36+,37+,38+,39-,40-,41+,43-,44-,45+,46-,50-,51+,52+,53+/m0/s1. The molecule has 4 saturated heterocycles. The Kier molecular flexibility index (Phi) is 15.8. The minimum atomic E-state index is -1.87. The molecule has 9 aliphatic rings. The van der Waals surface area contributed by atoms with Crippen LogP contribution in [0.3, 0.4) is 0 Å². The van der Waals surface area contributed by atoms with Gasteiger partial charge in [-0.1, -0.05) is 60.1 Å². The number of hydrogen-bond acceptors (Lipinski definition) is 22. The Balaban J connectivity index is 0.942. The maximum atomic E-state index is 15.3. The van der Waals surface area contributed by atoms with E-state index in [1.165, 1.54) is 6.92 Å². The molecule has 4 heterocycles. The molecule has 22 heteroatoms. The molecule has 0 aromatic heterocycles. The Hall–Kier alpha value is -2.04. The van der Waals surface area contributed by atoms with Crippen molar-refractivity contribution in [1.82, 2.24) is 0 Å². The third kappa shape index (κ3) is 9.27. The van der Waals surface area contributed by atoms with Gasteiger partial charge in [0.15, 0.2) is 31.1 Å². The summed E-state index contributed by atoms with van der Waals surface area (Å²) in [5.41, 5.74) is -2.25. The van der Waals surface area contributed by atoms with Crippen molar-refractivity contribution >= 4 is 11.9 Å². The van der Waals surface area contributed by atoms with Gasteiger partial charge in [-0.3, -0.25) is 4.79 Å². The van der Waals surface area contributed by atoms with Crippen molar-refractivity contribution < 1.29 is 108 Å². The molecule has 22 nitrogen and oxygen atoms in total. The van der Waals surface area contributed by atoms with E-state index in [4.69, 9.17) is 42.6 Å².